The lowest BCUT2D eigenvalue weighted by molar-refractivity contribution is -0.160. The molecule has 6 heteroatoms. The van der Waals surface area contributed by atoms with Gasteiger partial charge in [-0.25, -0.2) is 4.79 Å². The van der Waals surface area contributed by atoms with Crippen molar-refractivity contribution >= 4 is 17.6 Å². The second kappa shape index (κ2) is 9.46. The van der Waals surface area contributed by atoms with Gasteiger partial charge in [-0.3, -0.25) is 4.79 Å². The number of methoxy groups -OCH3 is 1. The molecule has 0 aliphatic carbocycles. The average Bonchev–Trinajstić information content (AvgIpc) is 2.67. The van der Waals surface area contributed by atoms with E-state index in [0.29, 0.717) is 23.6 Å². The molecule has 0 unspecified atom stereocenters. The molecule has 0 aliphatic heterocycles. The summed E-state index contributed by atoms with van der Waals surface area (Å²) in [6.07, 6.45) is -1.33. The Balaban J connectivity index is 1.95. The van der Waals surface area contributed by atoms with Gasteiger partial charge in [0.25, 0.3) is 5.91 Å². The molecule has 0 bridgehead atoms. The van der Waals surface area contributed by atoms with Gasteiger partial charge in [-0.15, -0.1) is 0 Å². The van der Waals surface area contributed by atoms with Gasteiger partial charge in [0.15, 0.2) is 12.2 Å². The Morgan fingerprint density at radius 2 is 1.69 bits per heavy atom. The molecule has 0 radical (unpaired) electrons. The number of rotatable bonds is 8. The van der Waals surface area contributed by atoms with Crippen molar-refractivity contribution in [1.82, 2.24) is 0 Å². The van der Waals surface area contributed by atoms with E-state index >= 15 is 0 Å². The van der Waals surface area contributed by atoms with Gasteiger partial charge >= 0.3 is 5.97 Å². The van der Waals surface area contributed by atoms with Crippen LogP contribution in [0.1, 0.15) is 20.3 Å². The number of benzene rings is 2. The van der Waals surface area contributed by atoms with E-state index in [4.69, 9.17) is 14.2 Å². The van der Waals surface area contributed by atoms with E-state index in [-0.39, 0.29) is 0 Å². The summed E-state index contributed by atoms with van der Waals surface area (Å²) in [6, 6.07) is 16.0. The summed E-state index contributed by atoms with van der Waals surface area (Å²) in [7, 11) is 1.52. The Hall–Kier alpha value is -3.02. The number of anilines is 1. The summed E-state index contributed by atoms with van der Waals surface area (Å²) in [5.74, 6) is 0.0668. The van der Waals surface area contributed by atoms with E-state index in [1.54, 1.807) is 36.4 Å². The topological polar surface area (TPSA) is 73.9 Å². The summed E-state index contributed by atoms with van der Waals surface area (Å²) in [5.41, 5.74) is 0.510. The summed E-state index contributed by atoms with van der Waals surface area (Å²) < 4.78 is 16.1. The maximum absolute atomic E-state index is 12.3. The lowest BCUT2D eigenvalue weighted by Gasteiger charge is -2.19. The van der Waals surface area contributed by atoms with Crippen molar-refractivity contribution in [3.8, 4) is 11.5 Å². The first-order valence-electron chi connectivity index (χ1n) is 8.41. The number of carbonyl (C=O) groups excluding carboxylic acids is 2. The highest BCUT2D eigenvalue weighted by Gasteiger charge is 2.25. The molecule has 0 fully saturated rings. The van der Waals surface area contributed by atoms with Crippen LogP contribution in [0.25, 0.3) is 0 Å². The zero-order chi connectivity index (χ0) is 18.9. The van der Waals surface area contributed by atoms with Crippen molar-refractivity contribution in [2.45, 2.75) is 32.5 Å². The minimum absolute atomic E-state index is 0.425. The van der Waals surface area contributed by atoms with Crippen molar-refractivity contribution in [3.63, 3.8) is 0 Å². The third kappa shape index (κ3) is 5.24. The largest absolute Gasteiger partial charge is 0.495 e. The molecule has 0 aliphatic rings. The predicted octanol–water partition coefficient (Wildman–Crippen LogP) is 3.42. The maximum Gasteiger partial charge on any atom is 0.348 e. The van der Waals surface area contributed by atoms with Gasteiger partial charge in [0.1, 0.15) is 11.5 Å². The number of esters is 1. The molecule has 0 spiro atoms. The van der Waals surface area contributed by atoms with E-state index in [0.717, 1.165) is 0 Å². The number of ether oxygens (including phenoxy) is 3. The first kappa shape index (κ1) is 19.3. The minimum atomic E-state index is -0.971. The highest BCUT2D eigenvalue weighted by molar-refractivity contribution is 5.96. The van der Waals surface area contributed by atoms with Crippen molar-refractivity contribution in [1.29, 1.82) is 0 Å². The van der Waals surface area contributed by atoms with Gasteiger partial charge < -0.3 is 19.5 Å². The summed E-state index contributed by atoms with van der Waals surface area (Å²) >= 11 is 0. The zero-order valence-corrected chi connectivity index (χ0v) is 15.1. The standard InChI is InChI=1S/C20H23NO5/c1-4-17(26-15-10-6-5-7-11-15)20(23)25-14(2)19(22)21-16-12-8-9-13-18(16)24-3/h5-14,17H,4H2,1-3H3,(H,21,22)/t14-,17-/m0/s1. The Morgan fingerprint density at radius 3 is 2.35 bits per heavy atom. The molecule has 2 aromatic rings. The lowest BCUT2D eigenvalue weighted by atomic mass is 10.2. The second-order valence-electron chi connectivity index (χ2n) is 5.60. The molecule has 0 aromatic heterocycles. The fourth-order valence-corrected chi connectivity index (χ4v) is 2.25. The molecule has 0 saturated heterocycles. The van der Waals surface area contributed by atoms with Crippen LogP contribution in [0.3, 0.4) is 0 Å². The normalized spacial score (nSPS) is 12.6. The molecule has 0 saturated carbocycles. The fourth-order valence-electron chi connectivity index (χ4n) is 2.25. The van der Waals surface area contributed by atoms with Crippen LogP contribution in [0.5, 0.6) is 11.5 Å². The van der Waals surface area contributed by atoms with Crippen LogP contribution >= 0.6 is 0 Å². The number of amides is 1. The molecule has 26 heavy (non-hydrogen) atoms. The number of carbonyl (C=O) groups is 2. The Bertz CT molecular complexity index is 732. The van der Waals surface area contributed by atoms with Crippen molar-refractivity contribution in [2.75, 3.05) is 12.4 Å². The molecular weight excluding hydrogens is 334 g/mol. The van der Waals surface area contributed by atoms with E-state index in [1.165, 1.54) is 14.0 Å². The van der Waals surface area contributed by atoms with Gasteiger partial charge in [0, 0.05) is 0 Å². The maximum atomic E-state index is 12.3. The first-order chi connectivity index (χ1) is 12.5. The fraction of sp³-hybridized carbons (Fsp3) is 0.300. The van der Waals surface area contributed by atoms with Gasteiger partial charge in [-0.1, -0.05) is 37.3 Å². The third-order valence-electron chi connectivity index (χ3n) is 3.68. The van der Waals surface area contributed by atoms with Crippen LogP contribution in [0.2, 0.25) is 0 Å². The van der Waals surface area contributed by atoms with Crippen molar-refractivity contribution in [3.05, 3.63) is 54.6 Å². The van der Waals surface area contributed by atoms with Gasteiger partial charge in [0.05, 0.1) is 12.8 Å². The van der Waals surface area contributed by atoms with Crippen LogP contribution in [-0.2, 0) is 14.3 Å². The Kier molecular flexibility index (Phi) is 7.02. The van der Waals surface area contributed by atoms with Gasteiger partial charge in [-0.05, 0) is 37.6 Å². The van der Waals surface area contributed by atoms with Crippen LogP contribution in [0.15, 0.2) is 54.6 Å². The predicted molar refractivity (Wildman–Crippen MR) is 98.3 cm³/mol. The van der Waals surface area contributed by atoms with E-state index in [2.05, 4.69) is 5.32 Å². The highest BCUT2D eigenvalue weighted by atomic mass is 16.6. The average molecular weight is 357 g/mol. The molecule has 1 N–H and O–H groups in total. The smallest absolute Gasteiger partial charge is 0.348 e. The second-order valence-corrected chi connectivity index (χ2v) is 5.60. The Morgan fingerprint density at radius 1 is 1.04 bits per heavy atom. The number of nitrogens with one attached hydrogen (secondary N) is 1. The number of para-hydroxylation sites is 3. The molecule has 1 amide bonds. The molecule has 2 aromatic carbocycles. The zero-order valence-electron chi connectivity index (χ0n) is 15.1. The van der Waals surface area contributed by atoms with Crippen LogP contribution in [0.4, 0.5) is 5.69 Å². The van der Waals surface area contributed by atoms with Crippen molar-refractivity contribution < 1.29 is 23.8 Å². The van der Waals surface area contributed by atoms with Crippen LogP contribution in [-0.4, -0.2) is 31.2 Å². The van der Waals surface area contributed by atoms with Crippen molar-refractivity contribution in [2.24, 2.45) is 0 Å². The van der Waals surface area contributed by atoms with Crippen LogP contribution < -0.4 is 14.8 Å². The van der Waals surface area contributed by atoms with Crippen LogP contribution in [0, 0.1) is 0 Å². The SMILES string of the molecule is CC[C@H](Oc1ccccc1)C(=O)O[C@@H](C)C(=O)Nc1ccccc1OC. The summed E-state index contributed by atoms with van der Waals surface area (Å²) in [5, 5.41) is 2.69. The van der Waals surface area contributed by atoms with Gasteiger partial charge in [0.2, 0.25) is 0 Å². The molecule has 2 rings (SSSR count). The summed E-state index contributed by atoms with van der Waals surface area (Å²) in [6.45, 7) is 3.33. The molecule has 2 atom stereocenters. The molecule has 138 valence electrons. The quantitative estimate of drug-likeness (QED) is 0.733. The van der Waals surface area contributed by atoms with Gasteiger partial charge in [-0.2, -0.15) is 0 Å². The lowest BCUT2D eigenvalue weighted by Crippen LogP contribution is -2.36. The third-order valence-corrected chi connectivity index (χ3v) is 3.68. The Labute approximate surface area is 153 Å². The summed E-state index contributed by atoms with van der Waals surface area (Å²) in [4.78, 5) is 24.6. The van der Waals surface area contributed by atoms with E-state index in [1.807, 2.05) is 25.1 Å². The number of hydrogen-bond donors (Lipinski definition) is 1. The number of hydrogen-bond acceptors (Lipinski definition) is 5. The monoisotopic (exact) mass is 357 g/mol. The molecule has 6 nitrogen and oxygen atoms in total. The molecular formula is C20H23NO5. The van der Waals surface area contributed by atoms with E-state index < -0.39 is 24.1 Å². The first-order valence-corrected chi connectivity index (χ1v) is 8.41. The highest BCUT2D eigenvalue weighted by Crippen LogP contribution is 2.23. The molecule has 0 heterocycles. The van der Waals surface area contributed by atoms with E-state index in [9.17, 15) is 9.59 Å². The minimum Gasteiger partial charge on any atom is -0.495 e.